The standard InChI is InChI=1S/C25H24BrN5O/c1-17-15-30(16-27-17)22-10-8-18(13-23(22)32-2)9-11-24-28-25-21(7-4-12-31(25)29-24)19-5-3-6-20(26)14-19/h3,5-6,8-11,13-16,21H,4,7,12H2,1-2H3/b11-9+. The molecule has 1 aliphatic rings. The summed E-state index contributed by atoms with van der Waals surface area (Å²) in [4.78, 5) is 9.17. The van der Waals surface area contributed by atoms with Crippen molar-refractivity contribution in [3.8, 4) is 11.4 Å². The van der Waals surface area contributed by atoms with Crippen molar-refractivity contribution < 1.29 is 4.74 Å². The summed E-state index contributed by atoms with van der Waals surface area (Å²) < 4.78 is 10.7. The van der Waals surface area contributed by atoms with E-state index in [2.05, 4.69) is 55.9 Å². The molecule has 1 atom stereocenters. The number of nitrogens with zero attached hydrogens (tertiary/aromatic N) is 5. The van der Waals surface area contributed by atoms with Gasteiger partial charge in [0.2, 0.25) is 0 Å². The van der Waals surface area contributed by atoms with Crippen LogP contribution in [0, 0.1) is 6.92 Å². The van der Waals surface area contributed by atoms with Gasteiger partial charge in [-0.2, -0.15) is 5.10 Å². The van der Waals surface area contributed by atoms with E-state index in [1.54, 1.807) is 13.4 Å². The van der Waals surface area contributed by atoms with Crippen molar-refractivity contribution in [1.82, 2.24) is 24.3 Å². The maximum atomic E-state index is 5.62. The van der Waals surface area contributed by atoms with Crippen LogP contribution in [0.4, 0.5) is 0 Å². The Bertz CT molecular complexity index is 1290. The van der Waals surface area contributed by atoms with Crippen LogP contribution < -0.4 is 4.74 Å². The highest BCUT2D eigenvalue weighted by molar-refractivity contribution is 9.10. The molecule has 0 fully saturated rings. The van der Waals surface area contributed by atoms with Crippen molar-refractivity contribution in [3.05, 3.63) is 87.9 Å². The Morgan fingerprint density at radius 3 is 2.84 bits per heavy atom. The molecule has 0 aliphatic carbocycles. The van der Waals surface area contributed by atoms with Gasteiger partial charge in [0.15, 0.2) is 5.82 Å². The number of hydrogen-bond acceptors (Lipinski definition) is 4. The number of hydrogen-bond donors (Lipinski definition) is 0. The summed E-state index contributed by atoms with van der Waals surface area (Å²) in [5.41, 5.74) is 4.22. The molecule has 162 valence electrons. The van der Waals surface area contributed by atoms with Gasteiger partial charge in [-0.05, 0) is 61.2 Å². The van der Waals surface area contributed by atoms with Crippen molar-refractivity contribution in [3.63, 3.8) is 0 Å². The molecule has 0 saturated carbocycles. The van der Waals surface area contributed by atoms with E-state index in [1.165, 1.54) is 5.56 Å². The Hall–Kier alpha value is -3.19. The highest BCUT2D eigenvalue weighted by Gasteiger charge is 2.25. The topological polar surface area (TPSA) is 57.8 Å². The fourth-order valence-corrected chi connectivity index (χ4v) is 4.63. The number of rotatable bonds is 5. The molecule has 0 spiro atoms. The summed E-state index contributed by atoms with van der Waals surface area (Å²) in [6.07, 6.45) is 9.96. The van der Waals surface area contributed by atoms with Crippen LogP contribution in [-0.2, 0) is 6.54 Å². The maximum absolute atomic E-state index is 5.62. The third-order valence-electron chi connectivity index (χ3n) is 5.76. The quantitative estimate of drug-likeness (QED) is 0.364. The molecule has 5 rings (SSSR count). The van der Waals surface area contributed by atoms with Crippen LogP contribution in [0.3, 0.4) is 0 Å². The molecule has 0 bridgehead atoms. The molecule has 7 heteroatoms. The second-order valence-corrected chi connectivity index (χ2v) is 8.90. The van der Waals surface area contributed by atoms with Crippen LogP contribution in [0.5, 0.6) is 5.75 Å². The molecule has 32 heavy (non-hydrogen) atoms. The van der Waals surface area contributed by atoms with E-state index in [4.69, 9.17) is 14.8 Å². The Morgan fingerprint density at radius 1 is 1.16 bits per heavy atom. The molecular formula is C25H24BrN5O. The number of fused-ring (bicyclic) bond motifs is 1. The van der Waals surface area contributed by atoms with Gasteiger partial charge in [-0.1, -0.05) is 40.2 Å². The number of aromatic nitrogens is 5. The van der Waals surface area contributed by atoms with E-state index in [-0.39, 0.29) is 5.92 Å². The molecule has 0 saturated heterocycles. The van der Waals surface area contributed by atoms with Crippen molar-refractivity contribution >= 4 is 28.1 Å². The maximum Gasteiger partial charge on any atom is 0.174 e. The second-order valence-electron chi connectivity index (χ2n) is 7.99. The molecule has 6 nitrogen and oxygen atoms in total. The first-order chi connectivity index (χ1) is 15.6. The lowest BCUT2D eigenvalue weighted by Gasteiger charge is -2.22. The first-order valence-corrected chi connectivity index (χ1v) is 11.5. The Kier molecular flexibility index (Phi) is 5.66. The molecule has 1 unspecified atom stereocenters. The summed E-state index contributed by atoms with van der Waals surface area (Å²) >= 11 is 3.59. The highest BCUT2D eigenvalue weighted by Crippen LogP contribution is 2.33. The number of ether oxygens (including phenoxy) is 1. The van der Waals surface area contributed by atoms with Crippen molar-refractivity contribution in [1.29, 1.82) is 0 Å². The lowest BCUT2D eigenvalue weighted by Crippen LogP contribution is -2.17. The first-order valence-electron chi connectivity index (χ1n) is 10.7. The Labute approximate surface area is 195 Å². The Balaban J connectivity index is 1.41. The van der Waals surface area contributed by atoms with Gasteiger partial charge < -0.3 is 9.30 Å². The fourth-order valence-electron chi connectivity index (χ4n) is 4.21. The Morgan fingerprint density at radius 2 is 2.06 bits per heavy atom. The van der Waals surface area contributed by atoms with E-state index in [0.29, 0.717) is 0 Å². The summed E-state index contributed by atoms with van der Waals surface area (Å²) in [5, 5.41) is 4.74. The van der Waals surface area contributed by atoms with E-state index >= 15 is 0 Å². The minimum absolute atomic E-state index is 0.272. The third-order valence-corrected chi connectivity index (χ3v) is 6.25. The number of halogens is 1. The third kappa shape index (κ3) is 4.12. The molecule has 0 radical (unpaired) electrons. The van der Waals surface area contributed by atoms with Crippen LogP contribution >= 0.6 is 15.9 Å². The van der Waals surface area contributed by atoms with Gasteiger partial charge in [-0.25, -0.2) is 14.6 Å². The first kappa shape index (κ1) is 20.7. The van der Waals surface area contributed by atoms with Crippen LogP contribution in [0.15, 0.2) is 59.5 Å². The molecular weight excluding hydrogens is 466 g/mol. The summed E-state index contributed by atoms with van der Waals surface area (Å²) in [7, 11) is 1.68. The average Bonchev–Trinajstić information content (AvgIpc) is 3.43. The molecule has 2 aromatic heterocycles. The van der Waals surface area contributed by atoms with Gasteiger partial charge in [0.1, 0.15) is 11.6 Å². The van der Waals surface area contributed by atoms with Crippen molar-refractivity contribution in [2.75, 3.05) is 7.11 Å². The van der Waals surface area contributed by atoms with Gasteiger partial charge in [0.25, 0.3) is 0 Å². The largest absolute Gasteiger partial charge is 0.495 e. The molecule has 2 aromatic carbocycles. The lowest BCUT2D eigenvalue weighted by atomic mass is 9.91. The van der Waals surface area contributed by atoms with Gasteiger partial charge in [0, 0.05) is 23.1 Å². The normalized spacial score (nSPS) is 15.8. The molecule has 4 aromatic rings. The molecule has 0 N–H and O–H groups in total. The highest BCUT2D eigenvalue weighted by atomic mass is 79.9. The predicted molar refractivity (Wildman–Crippen MR) is 129 cm³/mol. The SMILES string of the molecule is COc1cc(/C=C/c2nc3n(n2)CCCC3c2cccc(Br)c2)ccc1-n1cnc(C)c1. The number of imidazole rings is 1. The molecule has 1 aliphatic heterocycles. The van der Waals surface area contributed by atoms with E-state index in [9.17, 15) is 0 Å². The zero-order valence-electron chi connectivity index (χ0n) is 18.1. The second kappa shape index (κ2) is 8.74. The van der Waals surface area contributed by atoms with Gasteiger partial charge in [-0.15, -0.1) is 0 Å². The summed E-state index contributed by atoms with van der Waals surface area (Å²) in [6, 6.07) is 14.6. The van der Waals surface area contributed by atoms with E-state index < -0.39 is 0 Å². The molecule has 0 amide bonds. The van der Waals surface area contributed by atoms with E-state index in [0.717, 1.165) is 58.2 Å². The predicted octanol–water partition coefficient (Wildman–Crippen LogP) is 5.64. The van der Waals surface area contributed by atoms with Crippen molar-refractivity contribution in [2.45, 2.75) is 32.2 Å². The van der Waals surface area contributed by atoms with E-state index in [1.807, 2.05) is 42.0 Å². The summed E-state index contributed by atoms with van der Waals surface area (Å²) in [5.74, 6) is 2.83. The zero-order chi connectivity index (χ0) is 22.1. The fraction of sp³-hybridized carbons (Fsp3) is 0.240. The zero-order valence-corrected chi connectivity index (χ0v) is 19.7. The summed E-state index contributed by atoms with van der Waals surface area (Å²) in [6.45, 7) is 2.88. The van der Waals surface area contributed by atoms with Crippen LogP contribution in [0.2, 0.25) is 0 Å². The van der Waals surface area contributed by atoms with Crippen molar-refractivity contribution in [2.24, 2.45) is 0 Å². The monoisotopic (exact) mass is 489 g/mol. The van der Waals surface area contributed by atoms with Gasteiger partial charge in [0.05, 0.1) is 24.8 Å². The number of aryl methyl sites for hydroxylation is 2. The lowest BCUT2D eigenvalue weighted by molar-refractivity contribution is 0.413. The minimum Gasteiger partial charge on any atom is -0.495 e. The van der Waals surface area contributed by atoms with Gasteiger partial charge in [-0.3, -0.25) is 0 Å². The minimum atomic E-state index is 0.272. The molecule has 3 heterocycles. The number of benzene rings is 2. The van der Waals surface area contributed by atoms with Crippen LogP contribution in [0.25, 0.3) is 17.8 Å². The van der Waals surface area contributed by atoms with Crippen LogP contribution in [0.1, 0.15) is 47.2 Å². The van der Waals surface area contributed by atoms with Crippen LogP contribution in [-0.4, -0.2) is 31.4 Å². The van der Waals surface area contributed by atoms with Gasteiger partial charge >= 0.3 is 0 Å². The average molecular weight is 490 g/mol. The smallest absolute Gasteiger partial charge is 0.174 e. The number of methoxy groups -OCH3 is 1.